The van der Waals surface area contributed by atoms with Gasteiger partial charge in [0.15, 0.2) is 0 Å². The fourth-order valence-corrected chi connectivity index (χ4v) is 3.68. The van der Waals surface area contributed by atoms with Crippen LogP contribution in [0.1, 0.15) is 42.1 Å². The molecule has 1 heterocycles. The van der Waals surface area contributed by atoms with Gasteiger partial charge in [0.1, 0.15) is 23.9 Å². The zero-order valence-corrected chi connectivity index (χ0v) is 20.4. The van der Waals surface area contributed by atoms with Crippen molar-refractivity contribution in [1.82, 2.24) is 9.80 Å². The molecule has 1 N–H and O–H groups in total. The molecule has 0 radical (unpaired) electrons. The first kappa shape index (κ1) is 25.0. The van der Waals surface area contributed by atoms with Crippen molar-refractivity contribution in [2.75, 3.05) is 11.9 Å². The molecule has 1 aromatic heterocycles. The molecular weight excluding hydrogens is 433 g/mol. The maximum Gasteiger partial charge on any atom is 0.322 e. The molecule has 3 rings (SSSR count). The van der Waals surface area contributed by atoms with Gasteiger partial charge in [-0.25, -0.2) is 9.18 Å². The second-order valence-corrected chi connectivity index (χ2v) is 8.86. The highest BCUT2D eigenvalue weighted by Gasteiger charge is 2.25. The van der Waals surface area contributed by atoms with Crippen molar-refractivity contribution in [1.29, 1.82) is 0 Å². The number of aryl methyl sites for hydroxylation is 3. The average molecular weight is 466 g/mol. The SMILES string of the molecule is Cc1ccc(NC(=O)N(CC(=O)N(Cc2ccc(F)cc2)Cc2ccc(C)o2)C(C)C)c(C)c1. The molecule has 0 atom stereocenters. The molecule has 0 spiro atoms. The van der Waals surface area contributed by atoms with Crippen LogP contribution in [0.2, 0.25) is 0 Å². The maximum atomic E-state index is 13.4. The number of halogens is 1. The Balaban J connectivity index is 1.78. The van der Waals surface area contributed by atoms with E-state index in [0.29, 0.717) is 11.4 Å². The molecule has 0 aliphatic rings. The van der Waals surface area contributed by atoms with Crippen molar-refractivity contribution >= 4 is 17.6 Å². The van der Waals surface area contributed by atoms with Crippen LogP contribution in [-0.2, 0) is 17.9 Å². The Morgan fingerprint density at radius 1 is 0.971 bits per heavy atom. The zero-order valence-electron chi connectivity index (χ0n) is 20.4. The normalized spacial score (nSPS) is 10.9. The van der Waals surface area contributed by atoms with E-state index in [9.17, 15) is 14.0 Å². The third-order valence-corrected chi connectivity index (χ3v) is 5.60. The van der Waals surface area contributed by atoms with E-state index in [1.54, 1.807) is 17.0 Å². The lowest BCUT2D eigenvalue weighted by atomic mass is 10.1. The van der Waals surface area contributed by atoms with E-state index in [0.717, 1.165) is 22.5 Å². The molecule has 0 bridgehead atoms. The van der Waals surface area contributed by atoms with Crippen LogP contribution in [0.5, 0.6) is 0 Å². The summed E-state index contributed by atoms with van der Waals surface area (Å²) < 4.78 is 19.0. The smallest absolute Gasteiger partial charge is 0.322 e. The number of hydrogen-bond acceptors (Lipinski definition) is 3. The van der Waals surface area contributed by atoms with Gasteiger partial charge in [-0.1, -0.05) is 29.8 Å². The number of carbonyl (C=O) groups is 2. The molecule has 6 nitrogen and oxygen atoms in total. The first-order chi connectivity index (χ1) is 16.1. The lowest BCUT2D eigenvalue weighted by Gasteiger charge is -2.30. The summed E-state index contributed by atoms with van der Waals surface area (Å²) in [6.07, 6.45) is 0. The van der Waals surface area contributed by atoms with Crippen molar-refractivity contribution in [2.45, 2.75) is 53.8 Å². The van der Waals surface area contributed by atoms with Crippen molar-refractivity contribution in [3.63, 3.8) is 0 Å². The summed E-state index contributed by atoms with van der Waals surface area (Å²) in [5.74, 6) is 0.824. The van der Waals surface area contributed by atoms with Gasteiger partial charge < -0.3 is 19.5 Å². The molecule has 34 heavy (non-hydrogen) atoms. The number of carbonyl (C=O) groups excluding carboxylic acids is 2. The Hall–Kier alpha value is -3.61. The third kappa shape index (κ3) is 6.70. The number of hydrogen-bond donors (Lipinski definition) is 1. The van der Waals surface area contributed by atoms with Crippen LogP contribution >= 0.6 is 0 Å². The van der Waals surface area contributed by atoms with Crippen molar-refractivity contribution in [3.8, 4) is 0 Å². The van der Waals surface area contributed by atoms with Crippen molar-refractivity contribution in [3.05, 3.63) is 88.6 Å². The van der Waals surface area contributed by atoms with E-state index in [1.165, 1.54) is 17.0 Å². The second-order valence-electron chi connectivity index (χ2n) is 8.86. The van der Waals surface area contributed by atoms with Crippen LogP contribution in [0.25, 0.3) is 0 Å². The van der Waals surface area contributed by atoms with Crippen LogP contribution in [0.3, 0.4) is 0 Å². The number of nitrogens with zero attached hydrogens (tertiary/aromatic N) is 2. The average Bonchev–Trinajstić information content (AvgIpc) is 3.19. The van der Waals surface area contributed by atoms with E-state index in [4.69, 9.17) is 4.42 Å². The van der Waals surface area contributed by atoms with Crippen molar-refractivity contribution < 1.29 is 18.4 Å². The van der Waals surface area contributed by atoms with Gasteiger partial charge in [0.05, 0.1) is 6.54 Å². The zero-order chi connectivity index (χ0) is 24.8. The molecule has 0 fully saturated rings. The highest BCUT2D eigenvalue weighted by molar-refractivity contribution is 5.93. The summed E-state index contributed by atoms with van der Waals surface area (Å²) in [6, 6.07) is 15.0. The Bertz CT molecular complexity index is 1140. The van der Waals surface area contributed by atoms with Crippen molar-refractivity contribution in [2.24, 2.45) is 0 Å². The van der Waals surface area contributed by atoms with Crippen LogP contribution in [0, 0.1) is 26.6 Å². The topological polar surface area (TPSA) is 65.8 Å². The predicted octanol–water partition coefficient (Wildman–Crippen LogP) is 5.82. The molecule has 180 valence electrons. The molecule has 0 aliphatic carbocycles. The fraction of sp³-hybridized carbons (Fsp3) is 0.333. The first-order valence-electron chi connectivity index (χ1n) is 11.3. The number of urea groups is 1. The van der Waals surface area contributed by atoms with Gasteiger partial charge in [0, 0.05) is 18.3 Å². The summed E-state index contributed by atoms with van der Waals surface area (Å²) in [4.78, 5) is 29.6. The number of furan rings is 1. The van der Waals surface area contributed by atoms with Gasteiger partial charge in [-0.3, -0.25) is 4.79 Å². The lowest BCUT2D eigenvalue weighted by Crippen LogP contribution is -2.47. The van der Waals surface area contributed by atoms with E-state index >= 15 is 0 Å². The molecule has 0 saturated carbocycles. The minimum absolute atomic E-state index is 0.102. The van der Waals surface area contributed by atoms with Gasteiger partial charge in [0.2, 0.25) is 5.91 Å². The molecule has 3 aromatic rings. The number of benzene rings is 2. The Labute approximate surface area is 200 Å². The quantitative estimate of drug-likeness (QED) is 0.456. The molecule has 0 aliphatic heterocycles. The van der Waals surface area contributed by atoms with Gasteiger partial charge in [-0.2, -0.15) is 0 Å². The van der Waals surface area contributed by atoms with E-state index in [-0.39, 0.29) is 43.4 Å². The number of nitrogens with one attached hydrogen (secondary N) is 1. The highest BCUT2D eigenvalue weighted by Crippen LogP contribution is 2.18. The predicted molar refractivity (Wildman–Crippen MR) is 131 cm³/mol. The standard InChI is InChI=1S/C27H32FN3O3/c1-18(2)31(27(33)29-25-13-6-19(3)14-20(25)4)17-26(32)30(16-24-12-7-21(5)34-24)15-22-8-10-23(28)11-9-22/h6-14,18H,15-17H2,1-5H3,(H,29,33). The number of rotatable bonds is 8. The summed E-state index contributed by atoms with van der Waals surface area (Å²) >= 11 is 0. The molecule has 2 aromatic carbocycles. The van der Waals surface area contributed by atoms with E-state index < -0.39 is 0 Å². The minimum Gasteiger partial charge on any atom is -0.464 e. The van der Waals surface area contributed by atoms with Crippen LogP contribution in [0.4, 0.5) is 14.9 Å². The van der Waals surface area contributed by atoms with Gasteiger partial charge in [-0.15, -0.1) is 0 Å². The van der Waals surface area contributed by atoms with Gasteiger partial charge in [0.25, 0.3) is 0 Å². The molecular formula is C27H32FN3O3. The lowest BCUT2D eigenvalue weighted by molar-refractivity contribution is -0.133. The summed E-state index contributed by atoms with van der Waals surface area (Å²) in [7, 11) is 0. The van der Waals surface area contributed by atoms with E-state index in [2.05, 4.69) is 5.32 Å². The van der Waals surface area contributed by atoms with E-state index in [1.807, 2.05) is 65.0 Å². The summed E-state index contributed by atoms with van der Waals surface area (Å²) in [5, 5.41) is 2.93. The summed E-state index contributed by atoms with van der Waals surface area (Å²) in [5.41, 5.74) is 3.56. The second kappa shape index (κ2) is 11.0. The fourth-order valence-electron chi connectivity index (χ4n) is 3.68. The Kier molecular flexibility index (Phi) is 8.10. The van der Waals surface area contributed by atoms with Crippen LogP contribution < -0.4 is 5.32 Å². The maximum absolute atomic E-state index is 13.4. The van der Waals surface area contributed by atoms with Crippen LogP contribution in [0.15, 0.2) is 59.0 Å². The summed E-state index contributed by atoms with van der Waals surface area (Å²) in [6.45, 7) is 9.92. The molecule has 0 saturated heterocycles. The Morgan fingerprint density at radius 3 is 2.26 bits per heavy atom. The Morgan fingerprint density at radius 2 is 1.68 bits per heavy atom. The molecule has 7 heteroatoms. The first-order valence-corrected chi connectivity index (χ1v) is 11.3. The van der Waals surface area contributed by atoms with Gasteiger partial charge >= 0.3 is 6.03 Å². The number of anilines is 1. The van der Waals surface area contributed by atoms with Crippen LogP contribution in [-0.4, -0.2) is 34.3 Å². The van der Waals surface area contributed by atoms with Gasteiger partial charge in [-0.05, 0) is 76.1 Å². The highest BCUT2D eigenvalue weighted by atomic mass is 19.1. The number of amides is 3. The largest absolute Gasteiger partial charge is 0.464 e. The molecule has 3 amide bonds. The third-order valence-electron chi connectivity index (χ3n) is 5.60. The monoisotopic (exact) mass is 465 g/mol. The molecule has 0 unspecified atom stereocenters. The minimum atomic E-state index is -0.342.